The smallest absolute Gasteiger partial charge is 0.416 e. The van der Waals surface area contributed by atoms with Crippen LogP contribution < -0.4 is 10.1 Å². The number of benzene rings is 2. The molecule has 2 aromatic carbocycles. The maximum absolute atomic E-state index is 12.7. The van der Waals surface area contributed by atoms with E-state index in [0.29, 0.717) is 30.8 Å². The second kappa shape index (κ2) is 8.68. The molecule has 6 heteroatoms. The van der Waals surface area contributed by atoms with Crippen molar-refractivity contribution in [3.05, 3.63) is 89.7 Å². The topological polar surface area (TPSA) is 34.1 Å². The van der Waals surface area contributed by atoms with Gasteiger partial charge < -0.3 is 10.1 Å². The lowest BCUT2D eigenvalue weighted by Crippen LogP contribution is -2.17. The summed E-state index contributed by atoms with van der Waals surface area (Å²) in [6.45, 7) is 1.18. The van der Waals surface area contributed by atoms with Crippen molar-refractivity contribution in [1.82, 2.24) is 10.3 Å². The summed E-state index contributed by atoms with van der Waals surface area (Å²) in [6, 6.07) is 16.7. The van der Waals surface area contributed by atoms with E-state index in [0.717, 1.165) is 17.4 Å². The number of nitrogens with one attached hydrogen (secondary N) is 1. The molecule has 0 bridgehead atoms. The van der Waals surface area contributed by atoms with Crippen molar-refractivity contribution >= 4 is 0 Å². The Bertz CT molecular complexity index is 867. The second-order valence-corrected chi connectivity index (χ2v) is 6.06. The molecular weight excluding hydrogens is 353 g/mol. The summed E-state index contributed by atoms with van der Waals surface area (Å²) in [7, 11) is 0. The van der Waals surface area contributed by atoms with Gasteiger partial charge in [0, 0.05) is 18.9 Å². The van der Waals surface area contributed by atoms with E-state index in [1.807, 2.05) is 24.3 Å². The van der Waals surface area contributed by atoms with Crippen LogP contribution in [0, 0.1) is 0 Å². The minimum atomic E-state index is -4.31. The van der Waals surface area contributed by atoms with Gasteiger partial charge in [0.25, 0.3) is 0 Å². The molecule has 1 N–H and O–H groups in total. The van der Waals surface area contributed by atoms with Crippen LogP contribution in [0.25, 0.3) is 0 Å². The van der Waals surface area contributed by atoms with Gasteiger partial charge in [-0.1, -0.05) is 30.3 Å². The van der Waals surface area contributed by atoms with Crippen LogP contribution in [-0.2, 0) is 19.1 Å². The number of ether oxygens (including phenoxy) is 1. The Kier molecular flexibility index (Phi) is 6.08. The molecule has 1 heterocycles. The number of pyridine rings is 1. The summed E-state index contributed by atoms with van der Waals surface area (Å²) in [5.74, 6) is 1.43. The van der Waals surface area contributed by atoms with Gasteiger partial charge in [0.1, 0.15) is 11.5 Å². The van der Waals surface area contributed by atoms with Crippen LogP contribution in [0.5, 0.6) is 11.5 Å². The molecule has 3 aromatic rings. The highest BCUT2D eigenvalue weighted by atomic mass is 19.4. The molecule has 0 saturated heterocycles. The van der Waals surface area contributed by atoms with E-state index < -0.39 is 11.7 Å². The highest BCUT2D eigenvalue weighted by molar-refractivity contribution is 5.33. The standard InChI is InChI=1S/C21H19F3N2O/c22-21(23,24)18-5-1-3-16(13-18)7-10-26-15-17-4-2-6-20(14-17)27-19-8-11-25-12-9-19/h1-6,8-9,11-14,26H,7,10,15H2. The third-order valence-corrected chi connectivity index (χ3v) is 3.96. The van der Waals surface area contributed by atoms with Crippen molar-refractivity contribution in [2.24, 2.45) is 0 Å². The Hall–Kier alpha value is -2.86. The van der Waals surface area contributed by atoms with E-state index >= 15 is 0 Å². The van der Waals surface area contributed by atoms with Gasteiger partial charge in [-0.25, -0.2) is 0 Å². The second-order valence-electron chi connectivity index (χ2n) is 6.06. The molecule has 0 aliphatic carbocycles. The fourth-order valence-electron chi connectivity index (χ4n) is 2.63. The summed E-state index contributed by atoms with van der Waals surface area (Å²) in [5, 5.41) is 3.25. The monoisotopic (exact) mass is 372 g/mol. The predicted molar refractivity (Wildman–Crippen MR) is 97.6 cm³/mol. The van der Waals surface area contributed by atoms with Crippen LogP contribution in [0.4, 0.5) is 13.2 Å². The van der Waals surface area contributed by atoms with Gasteiger partial charge in [-0.2, -0.15) is 13.2 Å². The van der Waals surface area contributed by atoms with Crippen LogP contribution in [0.3, 0.4) is 0 Å². The Morgan fingerprint density at radius 3 is 2.37 bits per heavy atom. The average molecular weight is 372 g/mol. The number of nitrogens with zero attached hydrogens (tertiary/aromatic N) is 1. The Balaban J connectivity index is 1.50. The summed E-state index contributed by atoms with van der Waals surface area (Å²) in [5.41, 5.74) is 1.08. The third-order valence-electron chi connectivity index (χ3n) is 3.96. The van der Waals surface area contributed by atoms with Gasteiger partial charge in [-0.15, -0.1) is 0 Å². The molecular formula is C21H19F3N2O. The molecule has 1 aromatic heterocycles. The molecule has 0 aliphatic heterocycles. The normalized spacial score (nSPS) is 11.4. The van der Waals surface area contributed by atoms with Crippen molar-refractivity contribution < 1.29 is 17.9 Å². The number of alkyl halides is 3. The van der Waals surface area contributed by atoms with Gasteiger partial charge in [0.15, 0.2) is 0 Å². The summed E-state index contributed by atoms with van der Waals surface area (Å²) in [6.07, 6.45) is -0.459. The molecule has 0 amide bonds. The summed E-state index contributed by atoms with van der Waals surface area (Å²) in [4.78, 5) is 3.95. The van der Waals surface area contributed by atoms with E-state index in [4.69, 9.17) is 4.74 Å². The maximum atomic E-state index is 12.7. The highest BCUT2D eigenvalue weighted by Gasteiger charge is 2.30. The minimum absolute atomic E-state index is 0.525. The molecule has 0 fully saturated rings. The van der Waals surface area contributed by atoms with E-state index in [1.54, 1.807) is 30.6 Å². The number of rotatable bonds is 7. The first kappa shape index (κ1) is 18.9. The Morgan fingerprint density at radius 1 is 0.852 bits per heavy atom. The quantitative estimate of drug-likeness (QED) is 0.577. The number of halogens is 3. The zero-order chi connectivity index (χ0) is 19.1. The van der Waals surface area contributed by atoms with Crippen LogP contribution in [0.2, 0.25) is 0 Å². The Morgan fingerprint density at radius 2 is 1.59 bits per heavy atom. The first-order chi connectivity index (χ1) is 13.0. The van der Waals surface area contributed by atoms with Gasteiger partial charge in [-0.3, -0.25) is 4.98 Å². The lowest BCUT2D eigenvalue weighted by Gasteiger charge is -2.10. The van der Waals surface area contributed by atoms with Crippen molar-refractivity contribution in [2.45, 2.75) is 19.1 Å². The summed E-state index contributed by atoms with van der Waals surface area (Å²) >= 11 is 0. The van der Waals surface area contributed by atoms with Crippen molar-refractivity contribution in [2.75, 3.05) is 6.54 Å². The number of aromatic nitrogens is 1. The predicted octanol–water partition coefficient (Wildman–Crippen LogP) is 5.23. The zero-order valence-corrected chi connectivity index (χ0v) is 14.5. The van der Waals surface area contributed by atoms with Gasteiger partial charge in [0.05, 0.1) is 5.56 Å². The van der Waals surface area contributed by atoms with E-state index in [-0.39, 0.29) is 0 Å². The molecule has 27 heavy (non-hydrogen) atoms. The minimum Gasteiger partial charge on any atom is -0.457 e. The lowest BCUT2D eigenvalue weighted by atomic mass is 10.1. The van der Waals surface area contributed by atoms with E-state index in [2.05, 4.69) is 10.3 Å². The van der Waals surface area contributed by atoms with Gasteiger partial charge in [-0.05, 0) is 54.4 Å². The van der Waals surface area contributed by atoms with Crippen molar-refractivity contribution in [1.29, 1.82) is 0 Å². The van der Waals surface area contributed by atoms with Crippen LogP contribution >= 0.6 is 0 Å². The third kappa shape index (κ3) is 5.82. The van der Waals surface area contributed by atoms with E-state index in [1.165, 1.54) is 12.1 Å². The molecule has 0 aliphatic rings. The molecule has 0 spiro atoms. The SMILES string of the molecule is FC(F)(F)c1cccc(CCNCc2cccc(Oc3ccncc3)c2)c1. The fraction of sp³-hybridized carbons (Fsp3) is 0.190. The van der Waals surface area contributed by atoms with Crippen molar-refractivity contribution in [3.63, 3.8) is 0 Å². The van der Waals surface area contributed by atoms with Gasteiger partial charge in [0.2, 0.25) is 0 Å². The summed E-state index contributed by atoms with van der Waals surface area (Å²) < 4.78 is 44.0. The average Bonchev–Trinajstić information content (AvgIpc) is 2.66. The highest BCUT2D eigenvalue weighted by Crippen LogP contribution is 2.29. The zero-order valence-electron chi connectivity index (χ0n) is 14.5. The number of hydrogen-bond donors (Lipinski definition) is 1. The van der Waals surface area contributed by atoms with Crippen molar-refractivity contribution in [3.8, 4) is 11.5 Å². The first-order valence-electron chi connectivity index (χ1n) is 8.54. The molecule has 0 radical (unpaired) electrons. The number of hydrogen-bond acceptors (Lipinski definition) is 3. The molecule has 0 atom stereocenters. The molecule has 0 unspecified atom stereocenters. The fourth-order valence-corrected chi connectivity index (χ4v) is 2.63. The van der Waals surface area contributed by atoms with E-state index in [9.17, 15) is 13.2 Å². The molecule has 0 saturated carbocycles. The largest absolute Gasteiger partial charge is 0.457 e. The maximum Gasteiger partial charge on any atom is 0.416 e. The van der Waals surface area contributed by atoms with Crippen LogP contribution in [0.15, 0.2) is 73.1 Å². The van der Waals surface area contributed by atoms with Crippen LogP contribution in [-0.4, -0.2) is 11.5 Å². The Labute approximate surface area is 155 Å². The lowest BCUT2D eigenvalue weighted by molar-refractivity contribution is -0.137. The van der Waals surface area contributed by atoms with Gasteiger partial charge >= 0.3 is 6.18 Å². The van der Waals surface area contributed by atoms with Crippen LogP contribution in [0.1, 0.15) is 16.7 Å². The molecule has 140 valence electrons. The first-order valence-corrected chi connectivity index (χ1v) is 8.54. The molecule has 3 rings (SSSR count). The molecule has 3 nitrogen and oxygen atoms in total.